The summed E-state index contributed by atoms with van der Waals surface area (Å²) in [6.07, 6.45) is -0.452. The normalized spacial score (nSPS) is 12.8. The molecule has 0 aliphatic heterocycles. The number of likely N-dealkylation sites (N-methyl/N-ethyl adjacent to an activating group) is 1. The lowest BCUT2D eigenvalue weighted by molar-refractivity contribution is -0.117. The number of carbonyl (C=O) groups excluding carboxylic acids is 1. The van der Waals surface area contributed by atoms with E-state index in [2.05, 4.69) is 10.5 Å². The van der Waals surface area contributed by atoms with Crippen molar-refractivity contribution in [2.45, 2.75) is 20.0 Å². The van der Waals surface area contributed by atoms with Crippen LogP contribution in [-0.2, 0) is 4.79 Å². The first kappa shape index (κ1) is 12.7. The number of aliphatic hydroxyl groups excluding tert-OH is 1. The molecule has 6 nitrogen and oxygen atoms in total. The zero-order valence-corrected chi connectivity index (χ0v) is 9.73. The molecule has 0 aromatic carbocycles. The Bertz CT molecular complexity index is 349. The number of amides is 1. The largest absolute Gasteiger partial charge is 0.392 e. The highest BCUT2D eigenvalue weighted by Gasteiger charge is 2.10. The maximum absolute atomic E-state index is 11.5. The molecule has 0 aliphatic carbocycles. The molecule has 1 aromatic rings. The standard InChI is InChI=1S/C10H17N3O3/c1-7(14)5-13(3)6-10(15)11-9-4-8(2)16-12-9/h4,7,14H,5-6H2,1-3H3,(H,11,12,15). The summed E-state index contributed by atoms with van der Waals surface area (Å²) in [5, 5.41) is 15.4. The molecule has 1 rings (SSSR count). The summed E-state index contributed by atoms with van der Waals surface area (Å²) in [6, 6.07) is 1.65. The number of nitrogens with zero attached hydrogens (tertiary/aromatic N) is 2. The van der Waals surface area contributed by atoms with Gasteiger partial charge in [0.2, 0.25) is 5.91 Å². The third-order valence-electron chi connectivity index (χ3n) is 1.88. The Morgan fingerprint density at radius 3 is 2.94 bits per heavy atom. The van der Waals surface area contributed by atoms with E-state index >= 15 is 0 Å². The second-order valence-corrected chi connectivity index (χ2v) is 3.92. The van der Waals surface area contributed by atoms with Crippen molar-refractivity contribution in [3.63, 3.8) is 0 Å². The zero-order valence-electron chi connectivity index (χ0n) is 9.73. The Morgan fingerprint density at radius 1 is 1.75 bits per heavy atom. The summed E-state index contributed by atoms with van der Waals surface area (Å²) in [5.41, 5.74) is 0. The van der Waals surface area contributed by atoms with E-state index in [1.165, 1.54) is 0 Å². The molecular formula is C10H17N3O3. The van der Waals surface area contributed by atoms with Gasteiger partial charge in [-0.15, -0.1) is 0 Å². The minimum atomic E-state index is -0.452. The van der Waals surface area contributed by atoms with Crippen molar-refractivity contribution in [2.24, 2.45) is 0 Å². The highest BCUT2D eigenvalue weighted by Crippen LogP contribution is 2.06. The van der Waals surface area contributed by atoms with Gasteiger partial charge in [0.1, 0.15) is 5.76 Å². The van der Waals surface area contributed by atoms with Gasteiger partial charge in [-0.1, -0.05) is 5.16 Å². The van der Waals surface area contributed by atoms with E-state index in [1.807, 2.05) is 0 Å². The van der Waals surface area contributed by atoms with Crippen molar-refractivity contribution in [3.8, 4) is 0 Å². The van der Waals surface area contributed by atoms with Gasteiger partial charge in [-0.05, 0) is 20.9 Å². The van der Waals surface area contributed by atoms with Crippen LogP contribution in [0.15, 0.2) is 10.6 Å². The lowest BCUT2D eigenvalue weighted by Crippen LogP contribution is -2.34. The predicted octanol–water partition coefficient (Wildman–Crippen LogP) is 0.234. The van der Waals surface area contributed by atoms with E-state index in [1.54, 1.807) is 31.9 Å². The number of aromatic nitrogens is 1. The number of aliphatic hydroxyl groups is 1. The van der Waals surface area contributed by atoms with E-state index in [-0.39, 0.29) is 12.5 Å². The maximum Gasteiger partial charge on any atom is 0.239 e. The molecule has 1 unspecified atom stereocenters. The van der Waals surface area contributed by atoms with Crippen LogP contribution in [0.1, 0.15) is 12.7 Å². The number of aryl methyl sites for hydroxylation is 1. The van der Waals surface area contributed by atoms with Crippen molar-refractivity contribution >= 4 is 11.7 Å². The smallest absolute Gasteiger partial charge is 0.239 e. The summed E-state index contributed by atoms with van der Waals surface area (Å²) < 4.78 is 4.82. The van der Waals surface area contributed by atoms with Crippen LogP contribution in [0.4, 0.5) is 5.82 Å². The Kier molecular flexibility index (Phi) is 4.45. The van der Waals surface area contributed by atoms with Crippen molar-refractivity contribution in [2.75, 3.05) is 25.5 Å². The molecule has 1 atom stereocenters. The van der Waals surface area contributed by atoms with Gasteiger partial charge in [-0.2, -0.15) is 0 Å². The molecule has 0 saturated carbocycles. The molecule has 1 amide bonds. The third kappa shape index (κ3) is 4.41. The van der Waals surface area contributed by atoms with Crippen LogP contribution in [0.25, 0.3) is 0 Å². The number of carbonyl (C=O) groups is 1. The molecule has 0 radical (unpaired) electrons. The molecule has 0 aliphatic rings. The topological polar surface area (TPSA) is 78.6 Å². The van der Waals surface area contributed by atoms with Gasteiger partial charge in [0.15, 0.2) is 5.82 Å². The van der Waals surface area contributed by atoms with Crippen molar-refractivity contribution < 1.29 is 14.4 Å². The molecular weight excluding hydrogens is 210 g/mol. The minimum Gasteiger partial charge on any atom is -0.392 e. The SMILES string of the molecule is Cc1cc(NC(=O)CN(C)CC(C)O)no1. The average molecular weight is 227 g/mol. The molecule has 0 saturated heterocycles. The van der Waals surface area contributed by atoms with Gasteiger partial charge in [0.05, 0.1) is 12.6 Å². The number of hydrogen-bond donors (Lipinski definition) is 2. The first-order valence-electron chi connectivity index (χ1n) is 5.07. The number of rotatable bonds is 5. The molecule has 0 bridgehead atoms. The Labute approximate surface area is 94.2 Å². The predicted molar refractivity (Wildman–Crippen MR) is 59.0 cm³/mol. The van der Waals surface area contributed by atoms with Crippen LogP contribution in [0.5, 0.6) is 0 Å². The number of anilines is 1. The fourth-order valence-corrected chi connectivity index (χ4v) is 1.37. The fraction of sp³-hybridized carbons (Fsp3) is 0.600. The van der Waals surface area contributed by atoms with Crippen LogP contribution < -0.4 is 5.32 Å². The van der Waals surface area contributed by atoms with Crippen LogP contribution in [0, 0.1) is 6.92 Å². The molecule has 90 valence electrons. The fourth-order valence-electron chi connectivity index (χ4n) is 1.37. The van der Waals surface area contributed by atoms with Gasteiger partial charge >= 0.3 is 0 Å². The number of nitrogens with one attached hydrogen (secondary N) is 1. The molecule has 1 heterocycles. The first-order chi connectivity index (χ1) is 7.47. The van der Waals surface area contributed by atoms with Crippen molar-refractivity contribution in [1.82, 2.24) is 10.1 Å². The average Bonchev–Trinajstić information content (AvgIpc) is 2.48. The Hall–Kier alpha value is -1.40. The minimum absolute atomic E-state index is 0.184. The summed E-state index contributed by atoms with van der Waals surface area (Å²) >= 11 is 0. The van der Waals surface area contributed by atoms with Gasteiger partial charge in [-0.3, -0.25) is 9.69 Å². The highest BCUT2D eigenvalue weighted by atomic mass is 16.5. The first-order valence-corrected chi connectivity index (χ1v) is 5.07. The molecule has 6 heteroatoms. The monoisotopic (exact) mass is 227 g/mol. The Balaban J connectivity index is 2.36. The second-order valence-electron chi connectivity index (χ2n) is 3.92. The van der Waals surface area contributed by atoms with E-state index in [0.717, 1.165) is 0 Å². The maximum atomic E-state index is 11.5. The van der Waals surface area contributed by atoms with Crippen LogP contribution in [0.2, 0.25) is 0 Å². The van der Waals surface area contributed by atoms with Crippen LogP contribution in [-0.4, -0.2) is 47.3 Å². The summed E-state index contributed by atoms with van der Waals surface area (Å²) in [6.45, 7) is 4.08. The molecule has 0 spiro atoms. The zero-order chi connectivity index (χ0) is 12.1. The summed E-state index contributed by atoms with van der Waals surface area (Å²) in [4.78, 5) is 13.2. The molecule has 16 heavy (non-hydrogen) atoms. The van der Waals surface area contributed by atoms with E-state index in [0.29, 0.717) is 18.1 Å². The van der Waals surface area contributed by atoms with E-state index in [9.17, 15) is 4.79 Å². The van der Waals surface area contributed by atoms with Crippen molar-refractivity contribution in [3.05, 3.63) is 11.8 Å². The quantitative estimate of drug-likeness (QED) is 0.753. The molecule has 1 aromatic heterocycles. The lowest BCUT2D eigenvalue weighted by Gasteiger charge is -2.16. The van der Waals surface area contributed by atoms with Gasteiger partial charge in [0, 0.05) is 12.6 Å². The van der Waals surface area contributed by atoms with Gasteiger partial charge in [0.25, 0.3) is 0 Å². The molecule has 0 fully saturated rings. The highest BCUT2D eigenvalue weighted by molar-refractivity contribution is 5.91. The van der Waals surface area contributed by atoms with E-state index < -0.39 is 6.10 Å². The van der Waals surface area contributed by atoms with Gasteiger partial charge in [-0.25, -0.2) is 0 Å². The van der Waals surface area contributed by atoms with E-state index in [4.69, 9.17) is 9.63 Å². The van der Waals surface area contributed by atoms with Crippen molar-refractivity contribution in [1.29, 1.82) is 0 Å². The Morgan fingerprint density at radius 2 is 2.44 bits per heavy atom. The summed E-state index contributed by atoms with van der Waals surface area (Å²) in [7, 11) is 1.76. The third-order valence-corrected chi connectivity index (χ3v) is 1.88. The van der Waals surface area contributed by atoms with Crippen LogP contribution in [0.3, 0.4) is 0 Å². The summed E-state index contributed by atoms with van der Waals surface area (Å²) in [5.74, 6) is 0.872. The van der Waals surface area contributed by atoms with Gasteiger partial charge < -0.3 is 14.9 Å². The molecule has 2 N–H and O–H groups in total. The lowest BCUT2D eigenvalue weighted by atomic mass is 10.3. The number of hydrogen-bond acceptors (Lipinski definition) is 5. The van der Waals surface area contributed by atoms with Crippen LogP contribution >= 0.6 is 0 Å². The second kappa shape index (κ2) is 5.62.